The zero-order valence-electron chi connectivity index (χ0n) is 10.9. The van der Waals surface area contributed by atoms with Gasteiger partial charge in [-0.05, 0) is 13.3 Å². The molecule has 0 bridgehead atoms. The summed E-state index contributed by atoms with van der Waals surface area (Å²) >= 11 is 1.95. The van der Waals surface area contributed by atoms with E-state index in [-0.39, 0.29) is 24.0 Å². The zero-order valence-corrected chi connectivity index (χ0v) is 14.0. The molecule has 0 radical (unpaired) electrons. The van der Waals surface area contributed by atoms with Crippen LogP contribution in [0.15, 0.2) is 4.99 Å². The molecule has 0 amide bonds. The summed E-state index contributed by atoms with van der Waals surface area (Å²) < 4.78 is 24.4. The quantitative estimate of drug-likeness (QED) is 0.452. The Morgan fingerprint density at radius 3 is 2.78 bits per heavy atom. The van der Waals surface area contributed by atoms with Crippen LogP contribution in [0, 0.1) is 0 Å². The Kier molecular flexibility index (Phi) is 10.2. The van der Waals surface area contributed by atoms with Crippen LogP contribution in [-0.2, 0) is 0 Å². The number of nitrogens with one attached hydrogen (secondary N) is 1. The Balaban J connectivity index is 0.00000289. The Hall–Kier alpha value is 0.210. The highest BCUT2D eigenvalue weighted by molar-refractivity contribution is 14.0. The van der Waals surface area contributed by atoms with Gasteiger partial charge in [-0.1, -0.05) is 6.92 Å². The smallest absolute Gasteiger partial charge is 0.257 e. The molecule has 7 heteroatoms. The average molecular weight is 393 g/mol. The Morgan fingerprint density at radius 1 is 1.50 bits per heavy atom. The Bertz CT molecular complexity index is 254. The molecule has 1 saturated heterocycles. The van der Waals surface area contributed by atoms with Crippen LogP contribution >= 0.6 is 35.7 Å². The third-order valence-electron chi connectivity index (χ3n) is 2.61. The first-order chi connectivity index (χ1) is 8.17. The molecule has 1 fully saturated rings. The minimum absolute atomic E-state index is 0. The fraction of sp³-hybridized carbons (Fsp3) is 0.909. The summed E-state index contributed by atoms with van der Waals surface area (Å²) in [7, 11) is 0. The summed E-state index contributed by atoms with van der Waals surface area (Å²) in [5.74, 6) is 1.67. The highest BCUT2D eigenvalue weighted by Crippen LogP contribution is 2.21. The number of aliphatic imine (C=N–C) groups is 1. The summed E-state index contributed by atoms with van der Waals surface area (Å²) in [6.45, 7) is 6.19. The van der Waals surface area contributed by atoms with E-state index in [1.165, 1.54) is 0 Å². The van der Waals surface area contributed by atoms with Gasteiger partial charge in [0.2, 0.25) is 0 Å². The summed E-state index contributed by atoms with van der Waals surface area (Å²) in [6.07, 6.45) is -1.26. The van der Waals surface area contributed by atoms with Gasteiger partial charge in [-0.25, -0.2) is 13.8 Å². The number of thioether (sulfide) groups is 1. The molecule has 3 nitrogen and oxygen atoms in total. The topological polar surface area (TPSA) is 27.6 Å². The molecule has 0 spiro atoms. The van der Waals surface area contributed by atoms with E-state index in [0.29, 0.717) is 17.8 Å². The lowest BCUT2D eigenvalue weighted by atomic mass is 10.3. The number of hydrogen-bond acceptors (Lipinski definition) is 2. The van der Waals surface area contributed by atoms with Gasteiger partial charge in [-0.2, -0.15) is 11.8 Å². The molecule has 0 aliphatic carbocycles. The van der Waals surface area contributed by atoms with Crippen LogP contribution in [-0.4, -0.2) is 54.5 Å². The van der Waals surface area contributed by atoms with Crippen molar-refractivity contribution in [2.24, 2.45) is 4.99 Å². The van der Waals surface area contributed by atoms with E-state index in [9.17, 15) is 8.78 Å². The predicted molar refractivity (Wildman–Crippen MR) is 85.5 cm³/mol. The lowest BCUT2D eigenvalue weighted by Crippen LogP contribution is -2.48. The number of hydrogen-bond donors (Lipinski definition) is 1. The lowest BCUT2D eigenvalue weighted by molar-refractivity contribution is 0.158. The van der Waals surface area contributed by atoms with Crippen molar-refractivity contribution >= 4 is 41.7 Å². The van der Waals surface area contributed by atoms with Gasteiger partial charge < -0.3 is 10.2 Å². The number of nitrogens with zero attached hydrogens (tertiary/aromatic N) is 2. The summed E-state index contributed by atoms with van der Waals surface area (Å²) in [5, 5.41) is 3.67. The highest BCUT2D eigenvalue weighted by atomic mass is 127. The van der Waals surface area contributed by atoms with Crippen LogP contribution in [0.1, 0.15) is 20.3 Å². The van der Waals surface area contributed by atoms with Gasteiger partial charge in [0.1, 0.15) is 6.54 Å². The normalized spacial score (nSPS) is 20.8. The molecule has 0 aromatic heterocycles. The molecule has 1 unspecified atom stereocenters. The maximum absolute atomic E-state index is 12.2. The molecule has 1 aliphatic heterocycles. The molecular formula is C11H22F2IN3S. The van der Waals surface area contributed by atoms with Crippen molar-refractivity contribution in [2.75, 3.05) is 31.9 Å². The summed E-state index contributed by atoms with van der Waals surface area (Å²) in [4.78, 5) is 6.07. The zero-order chi connectivity index (χ0) is 12.7. The molecule has 1 heterocycles. The standard InChI is InChI=1S/C11H21F2N3S.HI/c1-3-9-8-16(5-6-17-9)11(14-4-2)15-7-10(12)13;/h9-10H,3-8H2,1-2H3,(H,14,15);1H. The Labute approximate surface area is 129 Å². The third kappa shape index (κ3) is 6.40. The first-order valence-corrected chi connectivity index (χ1v) is 7.15. The average Bonchev–Trinajstić information content (AvgIpc) is 2.34. The van der Waals surface area contributed by atoms with Gasteiger partial charge in [0.25, 0.3) is 6.43 Å². The molecule has 1 rings (SSSR count). The largest absolute Gasteiger partial charge is 0.357 e. The van der Waals surface area contributed by atoms with Crippen molar-refractivity contribution in [3.05, 3.63) is 0 Å². The van der Waals surface area contributed by atoms with Gasteiger partial charge in [-0.3, -0.25) is 0 Å². The van der Waals surface area contributed by atoms with Crippen molar-refractivity contribution < 1.29 is 8.78 Å². The monoisotopic (exact) mass is 393 g/mol. The third-order valence-corrected chi connectivity index (χ3v) is 3.98. The van der Waals surface area contributed by atoms with Crippen molar-refractivity contribution in [1.82, 2.24) is 10.2 Å². The van der Waals surface area contributed by atoms with Gasteiger partial charge in [0, 0.05) is 30.6 Å². The SMILES string of the molecule is CCNC(=NCC(F)F)N1CCSC(CC)C1.I. The second-order valence-electron chi connectivity index (χ2n) is 3.93. The van der Waals surface area contributed by atoms with Gasteiger partial charge >= 0.3 is 0 Å². The fourth-order valence-electron chi connectivity index (χ4n) is 1.74. The van der Waals surface area contributed by atoms with Crippen LogP contribution in [0.5, 0.6) is 0 Å². The van der Waals surface area contributed by atoms with Crippen LogP contribution in [0.4, 0.5) is 8.78 Å². The molecule has 1 aliphatic rings. The minimum Gasteiger partial charge on any atom is -0.357 e. The second-order valence-corrected chi connectivity index (χ2v) is 5.34. The molecule has 108 valence electrons. The molecule has 0 aromatic carbocycles. The van der Waals surface area contributed by atoms with E-state index in [1.807, 2.05) is 18.7 Å². The van der Waals surface area contributed by atoms with E-state index < -0.39 is 13.0 Å². The lowest BCUT2D eigenvalue weighted by Gasteiger charge is -2.34. The number of rotatable bonds is 4. The highest BCUT2D eigenvalue weighted by Gasteiger charge is 2.21. The Morgan fingerprint density at radius 2 is 2.22 bits per heavy atom. The van der Waals surface area contributed by atoms with Crippen LogP contribution in [0.25, 0.3) is 0 Å². The predicted octanol–water partition coefficient (Wildman–Crippen LogP) is 2.66. The number of guanidine groups is 1. The second kappa shape index (κ2) is 10.1. The van der Waals surface area contributed by atoms with E-state index in [4.69, 9.17) is 0 Å². The number of alkyl halides is 2. The van der Waals surface area contributed by atoms with Crippen molar-refractivity contribution in [3.8, 4) is 0 Å². The van der Waals surface area contributed by atoms with E-state index in [0.717, 1.165) is 25.3 Å². The van der Waals surface area contributed by atoms with Crippen LogP contribution in [0.2, 0.25) is 0 Å². The first kappa shape index (κ1) is 18.2. The van der Waals surface area contributed by atoms with Crippen molar-refractivity contribution in [3.63, 3.8) is 0 Å². The fourth-order valence-corrected chi connectivity index (χ4v) is 2.92. The molecule has 0 saturated carbocycles. The molecule has 1 atom stereocenters. The molecular weight excluding hydrogens is 371 g/mol. The molecule has 18 heavy (non-hydrogen) atoms. The van der Waals surface area contributed by atoms with E-state index >= 15 is 0 Å². The van der Waals surface area contributed by atoms with E-state index in [1.54, 1.807) is 0 Å². The summed E-state index contributed by atoms with van der Waals surface area (Å²) in [6, 6.07) is 0. The summed E-state index contributed by atoms with van der Waals surface area (Å²) in [5.41, 5.74) is 0. The maximum atomic E-state index is 12.2. The van der Waals surface area contributed by atoms with Gasteiger partial charge in [-0.15, -0.1) is 24.0 Å². The minimum atomic E-state index is -2.37. The molecule has 1 N–H and O–H groups in total. The first-order valence-electron chi connectivity index (χ1n) is 6.10. The maximum Gasteiger partial charge on any atom is 0.257 e. The van der Waals surface area contributed by atoms with Crippen molar-refractivity contribution in [1.29, 1.82) is 0 Å². The van der Waals surface area contributed by atoms with Crippen molar-refractivity contribution in [2.45, 2.75) is 31.9 Å². The van der Waals surface area contributed by atoms with Crippen LogP contribution < -0.4 is 5.32 Å². The van der Waals surface area contributed by atoms with Crippen LogP contribution in [0.3, 0.4) is 0 Å². The van der Waals surface area contributed by atoms with E-state index in [2.05, 4.69) is 22.1 Å². The van der Waals surface area contributed by atoms with Gasteiger partial charge in [0.15, 0.2) is 5.96 Å². The molecule has 0 aromatic rings. The number of halogens is 3. The van der Waals surface area contributed by atoms with Gasteiger partial charge in [0.05, 0.1) is 0 Å².